The molecule has 1 saturated carbocycles. The van der Waals surface area contributed by atoms with E-state index in [-0.39, 0.29) is 0 Å². The fourth-order valence-electron chi connectivity index (χ4n) is 4.07. The Labute approximate surface area is 117 Å². The third kappa shape index (κ3) is 1.83. The lowest BCUT2D eigenvalue weighted by molar-refractivity contribution is 0.395. The van der Waals surface area contributed by atoms with Gasteiger partial charge in [-0.15, -0.1) is 0 Å². The van der Waals surface area contributed by atoms with E-state index in [1.807, 2.05) is 12.1 Å². The molecule has 0 radical (unpaired) electrons. The maximum absolute atomic E-state index is 5.95. The second-order valence-electron chi connectivity index (χ2n) is 5.99. The Balaban J connectivity index is 1.45. The molecule has 1 unspecified atom stereocenters. The van der Waals surface area contributed by atoms with Gasteiger partial charge in [0, 0.05) is 22.4 Å². The van der Waals surface area contributed by atoms with Crippen molar-refractivity contribution in [1.82, 2.24) is 0 Å². The van der Waals surface area contributed by atoms with Gasteiger partial charge in [-0.25, -0.2) is 0 Å². The van der Waals surface area contributed by atoms with Crippen molar-refractivity contribution < 1.29 is 0 Å². The topological polar surface area (TPSA) is 0 Å². The van der Waals surface area contributed by atoms with Crippen LogP contribution >= 0.6 is 11.6 Å². The van der Waals surface area contributed by atoms with Crippen molar-refractivity contribution in [2.24, 2.45) is 23.7 Å². The van der Waals surface area contributed by atoms with Crippen LogP contribution in [0.5, 0.6) is 0 Å². The van der Waals surface area contributed by atoms with Gasteiger partial charge in [0.1, 0.15) is 17.3 Å². The van der Waals surface area contributed by atoms with Gasteiger partial charge >= 0.3 is 0 Å². The second-order valence-corrected chi connectivity index (χ2v) is 8.61. The summed E-state index contributed by atoms with van der Waals surface area (Å²) in [6, 6.07) is 8.47. The lowest BCUT2D eigenvalue weighted by atomic mass is 9.86. The molecule has 2 aliphatic carbocycles. The largest absolute Gasteiger partial charge is 0.133 e. The first-order valence-electron chi connectivity index (χ1n) is 6.86. The summed E-state index contributed by atoms with van der Waals surface area (Å²) >= 11 is 5.95. The molecule has 3 aliphatic rings. The van der Waals surface area contributed by atoms with Crippen LogP contribution in [0.1, 0.15) is 12.0 Å². The van der Waals surface area contributed by atoms with Crippen molar-refractivity contribution in [3.8, 4) is 0 Å². The Morgan fingerprint density at radius 2 is 1.61 bits per heavy atom. The summed E-state index contributed by atoms with van der Waals surface area (Å²) < 4.78 is 0. The number of rotatable bonds is 2. The van der Waals surface area contributed by atoms with E-state index >= 15 is 0 Å². The van der Waals surface area contributed by atoms with Gasteiger partial charge in [-0.2, -0.15) is 0 Å². The lowest BCUT2D eigenvalue weighted by Gasteiger charge is -2.14. The molecule has 0 amide bonds. The molecule has 2 heteroatoms. The molecule has 1 saturated heterocycles. The van der Waals surface area contributed by atoms with E-state index in [0.717, 1.165) is 28.7 Å². The van der Waals surface area contributed by atoms with Gasteiger partial charge in [-0.05, 0) is 41.3 Å². The van der Waals surface area contributed by atoms with E-state index in [2.05, 4.69) is 24.3 Å². The molecule has 18 heavy (non-hydrogen) atoms. The van der Waals surface area contributed by atoms with Gasteiger partial charge < -0.3 is 0 Å². The van der Waals surface area contributed by atoms with Gasteiger partial charge in [0.2, 0.25) is 0 Å². The first-order valence-corrected chi connectivity index (χ1v) is 8.97. The molecule has 1 aliphatic heterocycles. The predicted molar refractivity (Wildman–Crippen MR) is 80.0 cm³/mol. The Kier molecular flexibility index (Phi) is 2.74. The zero-order chi connectivity index (χ0) is 12.1. The van der Waals surface area contributed by atoms with Gasteiger partial charge in [0.15, 0.2) is 0 Å². The summed E-state index contributed by atoms with van der Waals surface area (Å²) in [5.41, 5.74) is 1.48. The lowest BCUT2D eigenvalue weighted by Crippen LogP contribution is -2.16. The van der Waals surface area contributed by atoms with Crippen molar-refractivity contribution in [2.75, 3.05) is 11.5 Å². The standard InChI is InChI=1S/C16H18ClS/c17-14-5-1-11(2-6-14)8-18-9-15-12-3-4-13(7-12)16(15)10-18/h1-6,12-13,15-16H,7-10H2/q+1/t12-,13+,15-,16+,18?. The summed E-state index contributed by atoms with van der Waals surface area (Å²) in [6.45, 7) is 0. The Bertz CT molecular complexity index is 458. The van der Waals surface area contributed by atoms with Gasteiger partial charge in [-0.1, -0.05) is 35.9 Å². The van der Waals surface area contributed by atoms with Crippen molar-refractivity contribution in [2.45, 2.75) is 12.2 Å². The molecule has 0 N–H and O–H groups in total. The average molecular weight is 278 g/mol. The van der Waals surface area contributed by atoms with Crippen molar-refractivity contribution in [1.29, 1.82) is 0 Å². The smallest absolute Gasteiger partial charge is 0.0846 e. The number of hydrogen-bond donors (Lipinski definition) is 0. The molecule has 1 aromatic carbocycles. The molecule has 0 aromatic heterocycles. The molecule has 2 fully saturated rings. The van der Waals surface area contributed by atoms with Crippen molar-refractivity contribution in [3.05, 3.63) is 47.0 Å². The van der Waals surface area contributed by atoms with Crippen LogP contribution in [-0.2, 0) is 16.6 Å². The SMILES string of the molecule is Clc1ccc(C[S+]2C[C@@H]3[C@H](C2)[C@@H]2C=C[C@H]3C2)cc1. The zero-order valence-electron chi connectivity index (χ0n) is 10.4. The minimum atomic E-state index is 0.622. The molecular formula is C16H18ClS+. The van der Waals surface area contributed by atoms with Crippen LogP contribution < -0.4 is 0 Å². The van der Waals surface area contributed by atoms with Crippen molar-refractivity contribution in [3.63, 3.8) is 0 Å². The fraction of sp³-hybridized carbons (Fsp3) is 0.500. The summed E-state index contributed by atoms with van der Waals surface area (Å²) in [5, 5.41) is 0.854. The normalized spacial score (nSPS) is 40.4. The monoisotopic (exact) mass is 277 g/mol. The Hall–Kier alpha value is -0.400. The summed E-state index contributed by atoms with van der Waals surface area (Å²) in [7, 11) is 0.622. The number of allylic oxidation sites excluding steroid dienone is 2. The summed E-state index contributed by atoms with van der Waals surface area (Å²) in [5.74, 6) is 8.16. The van der Waals surface area contributed by atoms with E-state index in [9.17, 15) is 0 Å². The average Bonchev–Trinajstić information content (AvgIpc) is 3.03. The van der Waals surface area contributed by atoms with Crippen LogP contribution in [0, 0.1) is 23.7 Å². The second kappa shape index (κ2) is 4.31. The van der Waals surface area contributed by atoms with E-state index in [1.54, 1.807) is 0 Å². The molecular weight excluding hydrogens is 260 g/mol. The summed E-state index contributed by atoms with van der Waals surface area (Å²) in [6.07, 6.45) is 6.47. The molecule has 2 bridgehead atoms. The molecule has 4 rings (SSSR count). The first kappa shape index (κ1) is 11.4. The van der Waals surface area contributed by atoms with Crippen LogP contribution in [0.3, 0.4) is 0 Å². The van der Waals surface area contributed by atoms with Crippen LogP contribution in [0.15, 0.2) is 36.4 Å². The minimum absolute atomic E-state index is 0.622. The maximum atomic E-state index is 5.95. The van der Waals surface area contributed by atoms with Crippen LogP contribution in [-0.4, -0.2) is 11.5 Å². The number of benzene rings is 1. The highest BCUT2D eigenvalue weighted by atomic mass is 35.5. The molecule has 5 atom stereocenters. The summed E-state index contributed by atoms with van der Waals surface area (Å²) in [4.78, 5) is 0. The highest BCUT2D eigenvalue weighted by Gasteiger charge is 2.54. The van der Waals surface area contributed by atoms with E-state index in [4.69, 9.17) is 11.6 Å². The molecule has 1 aromatic rings. The van der Waals surface area contributed by atoms with E-state index < -0.39 is 0 Å². The Morgan fingerprint density at radius 1 is 1.00 bits per heavy atom. The van der Waals surface area contributed by atoms with Gasteiger partial charge in [0.05, 0.1) is 0 Å². The van der Waals surface area contributed by atoms with E-state index in [1.165, 1.54) is 29.2 Å². The third-order valence-corrected chi connectivity index (χ3v) is 7.65. The molecule has 0 spiro atoms. The zero-order valence-corrected chi connectivity index (χ0v) is 12.0. The fourth-order valence-corrected chi connectivity index (χ4v) is 7.31. The Morgan fingerprint density at radius 3 is 2.22 bits per heavy atom. The minimum Gasteiger partial charge on any atom is -0.0846 e. The van der Waals surface area contributed by atoms with Crippen LogP contribution in [0.2, 0.25) is 5.02 Å². The number of hydrogen-bond acceptors (Lipinski definition) is 0. The van der Waals surface area contributed by atoms with Gasteiger partial charge in [-0.3, -0.25) is 0 Å². The number of fused-ring (bicyclic) bond motifs is 5. The molecule has 94 valence electrons. The highest BCUT2D eigenvalue weighted by molar-refractivity contribution is 7.96. The first-order chi connectivity index (χ1) is 8.79. The highest BCUT2D eigenvalue weighted by Crippen LogP contribution is 2.52. The van der Waals surface area contributed by atoms with Crippen LogP contribution in [0.25, 0.3) is 0 Å². The van der Waals surface area contributed by atoms with E-state index in [0.29, 0.717) is 10.9 Å². The molecule has 1 heterocycles. The molecule has 0 nitrogen and oxygen atoms in total. The third-order valence-electron chi connectivity index (χ3n) is 4.94. The van der Waals surface area contributed by atoms with Gasteiger partial charge in [0.25, 0.3) is 0 Å². The maximum Gasteiger partial charge on any atom is 0.133 e. The quantitative estimate of drug-likeness (QED) is 0.568. The number of halogens is 1. The van der Waals surface area contributed by atoms with Crippen molar-refractivity contribution >= 4 is 22.5 Å². The van der Waals surface area contributed by atoms with Crippen LogP contribution in [0.4, 0.5) is 0 Å². The predicted octanol–water partition coefficient (Wildman–Crippen LogP) is 3.91.